The number of nitrogens with zero attached hydrogens (tertiary/aromatic N) is 3. The number of carbonyl (C=O) groups excluding carboxylic acids is 2. The summed E-state index contributed by atoms with van der Waals surface area (Å²) < 4.78 is 10.5. The summed E-state index contributed by atoms with van der Waals surface area (Å²) in [6, 6.07) is 11.5. The molecule has 3 aromatic rings. The van der Waals surface area contributed by atoms with Gasteiger partial charge in [0.15, 0.2) is 11.5 Å². The van der Waals surface area contributed by atoms with E-state index in [1.165, 1.54) is 18.4 Å². The highest BCUT2D eigenvalue weighted by Crippen LogP contribution is 2.35. The van der Waals surface area contributed by atoms with Crippen molar-refractivity contribution in [1.29, 1.82) is 0 Å². The fourth-order valence-electron chi connectivity index (χ4n) is 3.59. The van der Waals surface area contributed by atoms with Crippen LogP contribution in [-0.2, 0) is 0 Å². The lowest BCUT2D eigenvalue weighted by Crippen LogP contribution is -2.34. The molecule has 2 heterocycles. The number of nitrogens with one attached hydrogen (secondary N) is 2. The molecule has 0 aliphatic carbocycles. The van der Waals surface area contributed by atoms with Crippen molar-refractivity contribution in [2.45, 2.75) is 18.9 Å². The third-order valence-corrected chi connectivity index (χ3v) is 6.41. The first-order chi connectivity index (χ1) is 16.0. The number of halogens is 1. The molecule has 4 rings (SSSR count). The lowest BCUT2D eigenvalue weighted by atomic mass is 10.2. The number of hydrogen-bond acceptors (Lipinski definition) is 7. The molecule has 0 spiro atoms. The molecule has 33 heavy (non-hydrogen) atoms. The number of anilines is 2. The van der Waals surface area contributed by atoms with Gasteiger partial charge in [0, 0.05) is 29.0 Å². The van der Waals surface area contributed by atoms with Crippen molar-refractivity contribution in [1.82, 2.24) is 15.1 Å². The van der Waals surface area contributed by atoms with Crippen LogP contribution in [-0.4, -0.2) is 47.8 Å². The van der Waals surface area contributed by atoms with Crippen molar-refractivity contribution < 1.29 is 19.1 Å². The van der Waals surface area contributed by atoms with Crippen LogP contribution in [0.1, 0.15) is 33.7 Å². The maximum atomic E-state index is 13.0. The lowest BCUT2D eigenvalue weighted by molar-refractivity contribution is 0.102. The van der Waals surface area contributed by atoms with Crippen LogP contribution in [0.4, 0.5) is 16.2 Å². The van der Waals surface area contributed by atoms with Gasteiger partial charge in [-0.2, -0.15) is 0 Å². The minimum atomic E-state index is -0.375. The molecule has 1 aliphatic rings. The lowest BCUT2D eigenvalue weighted by Gasteiger charge is -2.23. The molecule has 2 N–H and O–H groups in total. The van der Waals surface area contributed by atoms with E-state index in [4.69, 9.17) is 21.1 Å². The van der Waals surface area contributed by atoms with E-state index in [2.05, 4.69) is 20.8 Å². The van der Waals surface area contributed by atoms with E-state index in [9.17, 15) is 9.59 Å². The van der Waals surface area contributed by atoms with Crippen LogP contribution in [0, 0.1) is 0 Å². The summed E-state index contributed by atoms with van der Waals surface area (Å²) in [5, 5.41) is 15.2. The summed E-state index contributed by atoms with van der Waals surface area (Å²) in [6.45, 7) is 0.577. The highest BCUT2D eigenvalue weighted by atomic mass is 35.5. The van der Waals surface area contributed by atoms with Gasteiger partial charge >= 0.3 is 6.03 Å². The van der Waals surface area contributed by atoms with Gasteiger partial charge in [-0.15, -0.1) is 10.2 Å². The Balaban J connectivity index is 1.44. The highest BCUT2D eigenvalue weighted by molar-refractivity contribution is 7.13. The van der Waals surface area contributed by atoms with Crippen molar-refractivity contribution in [2.24, 2.45) is 0 Å². The first-order valence-electron chi connectivity index (χ1n) is 10.2. The molecule has 1 saturated heterocycles. The van der Waals surface area contributed by atoms with Crippen molar-refractivity contribution in [2.75, 3.05) is 31.4 Å². The largest absolute Gasteiger partial charge is 0.493 e. The Kier molecular flexibility index (Phi) is 6.95. The van der Waals surface area contributed by atoms with Gasteiger partial charge in [-0.05, 0) is 43.2 Å². The van der Waals surface area contributed by atoms with Crippen LogP contribution in [0.3, 0.4) is 0 Å². The molecule has 172 valence electrons. The average molecular weight is 488 g/mol. The van der Waals surface area contributed by atoms with Gasteiger partial charge in [0.1, 0.15) is 5.01 Å². The number of amides is 3. The van der Waals surface area contributed by atoms with Gasteiger partial charge in [0.05, 0.1) is 20.3 Å². The number of aromatic nitrogens is 2. The summed E-state index contributed by atoms with van der Waals surface area (Å²) in [5.41, 5.74) is 1.16. The predicted octanol–water partition coefficient (Wildman–Crippen LogP) is 4.83. The monoisotopic (exact) mass is 487 g/mol. The van der Waals surface area contributed by atoms with Gasteiger partial charge in [-0.3, -0.25) is 4.79 Å². The second-order valence-corrected chi connectivity index (χ2v) is 8.71. The quantitative estimate of drug-likeness (QED) is 0.516. The SMILES string of the molecule is COc1ccc(NC(=O)N2CCCC2c2nnc(C(=O)Nc3cccc(Cl)c3)s2)cc1OC. The molecule has 1 aromatic heterocycles. The topological polar surface area (TPSA) is 106 Å². The molecule has 0 radical (unpaired) electrons. The second-order valence-electron chi connectivity index (χ2n) is 7.26. The standard InChI is InChI=1S/C22H22ClN5O4S/c1-31-17-9-8-15(12-18(17)32-2)25-22(30)28-10-4-7-16(28)20-26-27-21(33-20)19(29)24-14-6-3-5-13(23)11-14/h3,5-6,8-9,11-12,16H,4,7,10H2,1-2H3,(H,24,29)(H,25,30). The van der Waals surface area contributed by atoms with Crippen LogP contribution in [0.5, 0.6) is 11.5 Å². The van der Waals surface area contributed by atoms with E-state index in [0.717, 1.165) is 12.8 Å². The number of benzene rings is 2. The number of methoxy groups -OCH3 is 2. The van der Waals surface area contributed by atoms with Crippen molar-refractivity contribution >= 4 is 46.3 Å². The van der Waals surface area contributed by atoms with Gasteiger partial charge in [0.25, 0.3) is 5.91 Å². The predicted molar refractivity (Wildman–Crippen MR) is 127 cm³/mol. The number of ether oxygens (including phenoxy) is 2. The zero-order valence-electron chi connectivity index (χ0n) is 18.0. The fraction of sp³-hybridized carbons (Fsp3) is 0.273. The Morgan fingerprint density at radius 3 is 2.61 bits per heavy atom. The highest BCUT2D eigenvalue weighted by Gasteiger charge is 2.33. The third-order valence-electron chi connectivity index (χ3n) is 5.15. The Morgan fingerprint density at radius 1 is 1.06 bits per heavy atom. The number of rotatable bonds is 6. The zero-order chi connectivity index (χ0) is 23.4. The van der Waals surface area contributed by atoms with E-state index >= 15 is 0 Å². The number of urea groups is 1. The van der Waals surface area contributed by atoms with Crippen LogP contribution in [0.15, 0.2) is 42.5 Å². The summed E-state index contributed by atoms with van der Waals surface area (Å²) in [7, 11) is 3.09. The van der Waals surface area contributed by atoms with Gasteiger partial charge < -0.3 is 25.0 Å². The Labute approximate surface area is 199 Å². The van der Waals surface area contributed by atoms with E-state index in [1.54, 1.807) is 54.5 Å². The molecule has 1 fully saturated rings. The van der Waals surface area contributed by atoms with Gasteiger partial charge in [-0.25, -0.2) is 4.79 Å². The minimum absolute atomic E-state index is 0.220. The van der Waals surface area contributed by atoms with Gasteiger partial charge in [0.2, 0.25) is 5.01 Å². The van der Waals surface area contributed by atoms with Crippen LogP contribution in [0.2, 0.25) is 5.02 Å². The van der Waals surface area contributed by atoms with E-state index in [0.29, 0.717) is 39.4 Å². The molecule has 1 atom stereocenters. The summed E-state index contributed by atoms with van der Waals surface area (Å²) in [6.07, 6.45) is 1.57. The van der Waals surface area contributed by atoms with Crippen LogP contribution >= 0.6 is 22.9 Å². The zero-order valence-corrected chi connectivity index (χ0v) is 19.6. The van der Waals surface area contributed by atoms with E-state index in [1.807, 2.05) is 0 Å². The molecule has 3 amide bonds. The first kappa shape index (κ1) is 22.8. The molecular weight excluding hydrogens is 466 g/mol. The molecule has 9 nitrogen and oxygen atoms in total. The molecule has 0 saturated carbocycles. The first-order valence-corrected chi connectivity index (χ1v) is 11.4. The van der Waals surface area contributed by atoms with Crippen molar-refractivity contribution in [3.05, 3.63) is 57.5 Å². The second kappa shape index (κ2) is 10.1. The summed E-state index contributed by atoms with van der Waals surface area (Å²) in [4.78, 5) is 27.2. The number of hydrogen-bond donors (Lipinski definition) is 2. The normalized spacial score (nSPS) is 15.2. The van der Waals surface area contributed by atoms with Crippen LogP contribution in [0.25, 0.3) is 0 Å². The molecule has 11 heteroatoms. The number of carbonyl (C=O) groups is 2. The smallest absolute Gasteiger partial charge is 0.322 e. The maximum Gasteiger partial charge on any atom is 0.322 e. The summed E-state index contributed by atoms with van der Waals surface area (Å²) >= 11 is 7.14. The maximum absolute atomic E-state index is 13.0. The Morgan fingerprint density at radius 2 is 1.85 bits per heavy atom. The Hall–Kier alpha value is -3.37. The minimum Gasteiger partial charge on any atom is -0.493 e. The molecule has 0 bridgehead atoms. The van der Waals surface area contributed by atoms with Gasteiger partial charge in [-0.1, -0.05) is 29.0 Å². The molecule has 1 unspecified atom stereocenters. The third kappa shape index (κ3) is 5.18. The molecular formula is C22H22ClN5O4S. The van der Waals surface area contributed by atoms with E-state index < -0.39 is 0 Å². The van der Waals surface area contributed by atoms with Crippen LogP contribution < -0.4 is 20.1 Å². The van der Waals surface area contributed by atoms with Crippen molar-refractivity contribution in [3.8, 4) is 11.5 Å². The fourth-order valence-corrected chi connectivity index (χ4v) is 4.66. The average Bonchev–Trinajstić information content (AvgIpc) is 3.48. The number of likely N-dealkylation sites (tertiary alicyclic amines) is 1. The summed E-state index contributed by atoms with van der Waals surface area (Å²) in [5.74, 6) is 0.722. The molecule has 1 aliphatic heterocycles. The Bertz CT molecular complexity index is 1170. The van der Waals surface area contributed by atoms with Crippen molar-refractivity contribution in [3.63, 3.8) is 0 Å². The van der Waals surface area contributed by atoms with E-state index in [-0.39, 0.29) is 23.0 Å². The molecule has 2 aromatic carbocycles.